The van der Waals surface area contributed by atoms with E-state index in [0.29, 0.717) is 18.6 Å². The minimum Gasteiger partial charge on any atom is -0.359 e. The van der Waals surface area contributed by atoms with Crippen LogP contribution in [0.15, 0.2) is 16.8 Å². The highest BCUT2D eigenvalue weighted by molar-refractivity contribution is 6.19. The van der Waals surface area contributed by atoms with Gasteiger partial charge in [0.15, 0.2) is 5.76 Å². The Hall–Kier alpha value is -2.18. The second kappa shape index (κ2) is 5.31. The Morgan fingerprint density at radius 3 is 2.52 bits per heavy atom. The summed E-state index contributed by atoms with van der Waals surface area (Å²) in [5, 5.41) is 5.89. The van der Waals surface area contributed by atoms with Crippen molar-refractivity contribution in [1.82, 2.24) is 15.4 Å². The smallest absolute Gasteiger partial charge is 0.331 e. The third-order valence-electron chi connectivity index (χ3n) is 4.32. The molecule has 21 heavy (non-hydrogen) atoms. The van der Waals surface area contributed by atoms with Gasteiger partial charge in [0.1, 0.15) is 5.41 Å². The van der Waals surface area contributed by atoms with E-state index in [9.17, 15) is 14.4 Å². The van der Waals surface area contributed by atoms with Crippen LogP contribution in [0.3, 0.4) is 0 Å². The molecule has 0 atom stereocenters. The van der Waals surface area contributed by atoms with Crippen LogP contribution in [0.25, 0.3) is 0 Å². The normalized spacial score (nSPS) is 22.3. The van der Waals surface area contributed by atoms with Crippen molar-refractivity contribution >= 4 is 17.8 Å². The van der Waals surface area contributed by atoms with Crippen molar-refractivity contribution in [3.05, 3.63) is 18.0 Å². The van der Waals surface area contributed by atoms with Crippen LogP contribution in [0.1, 0.15) is 44.3 Å². The minimum absolute atomic E-state index is 0.000301. The molecule has 0 radical (unpaired) electrons. The molecule has 1 aliphatic carbocycles. The zero-order valence-corrected chi connectivity index (χ0v) is 11.6. The van der Waals surface area contributed by atoms with Gasteiger partial charge in [-0.15, -0.1) is 0 Å². The summed E-state index contributed by atoms with van der Waals surface area (Å²) in [4.78, 5) is 38.1. The standard InChI is InChI=1S/C14H17N3O4/c18-11-14(6-3-1-2-4-7-14)12(19)17(13(20)16-11)9-10-5-8-15-21-10/h5,8H,1-4,6-7,9H2,(H,16,18,20). The number of amides is 4. The Kier molecular flexibility index (Phi) is 3.48. The summed E-state index contributed by atoms with van der Waals surface area (Å²) < 4.78 is 4.95. The molecule has 1 saturated carbocycles. The van der Waals surface area contributed by atoms with E-state index < -0.39 is 23.3 Å². The summed E-state index contributed by atoms with van der Waals surface area (Å²) in [7, 11) is 0. The van der Waals surface area contributed by atoms with Crippen LogP contribution in [0, 0.1) is 5.41 Å². The summed E-state index contributed by atoms with van der Waals surface area (Å²) in [5.41, 5.74) is -1.09. The van der Waals surface area contributed by atoms with E-state index in [1.165, 1.54) is 6.20 Å². The molecule has 1 aliphatic heterocycles. The molecular formula is C14H17N3O4. The average Bonchev–Trinajstić information content (AvgIpc) is 2.84. The number of hydrogen-bond acceptors (Lipinski definition) is 5. The van der Waals surface area contributed by atoms with E-state index in [1.807, 2.05) is 0 Å². The first-order valence-corrected chi connectivity index (χ1v) is 7.20. The lowest BCUT2D eigenvalue weighted by Crippen LogP contribution is -2.63. The number of aromatic nitrogens is 1. The van der Waals surface area contributed by atoms with Gasteiger partial charge in [-0.25, -0.2) is 4.79 Å². The molecule has 7 nitrogen and oxygen atoms in total. The van der Waals surface area contributed by atoms with Gasteiger partial charge in [0.2, 0.25) is 11.8 Å². The molecule has 0 bridgehead atoms. The maximum Gasteiger partial charge on any atom is 0.331 e. The Bertz CT molecular complexity index is 559. The number of barbiturate groups is 1. The fourth-order valence-electron chi connectivity index (χ4n) is 3.13. The summed E-state index contributed by atoms with van der Waals surface area (Å²) in [6, 6.07) is 0.910. The minimum atomic E-state index is -1.09. The number of urea groups is 1. The molecule has 0 aromatic carbocycles. The summed E-state index contributed by atoms with van der Waals surface area (Å²) in [6.07, 6.45) is 6.12. The van der Waals surface area contributed by atoms with E-state index >= 15 is 0 Å². The molecule has 112 valence electrons. The molecular weight excluding hydrogens is 274 g/mol. The van der Waals surface area contributed by atoms with Crippen molar-refractivity contribution < 1.29 is 18.9 Å². The summed E-state index contributed by atoms with van der Waals surface area (Å²) in [5.74, 6) is -0.445. The van der Waals surface area contributed by atoms with Gasteiger partial charge in [0.05, 0.1) is 12.7 Å². The molecule has 4 amide bonds. The molecule has 1 N–H and O–H groups in total. The molecule has 2 fully saturated rings. The molecule has 1 spiro atoms. The third-order valence-corrected chi connectivity index (χ3v) is 4.32. The quantitative estimate of drug-likeness (QED) is 0.835. The first-order chi connectivity index (χ1) is 10.1. The molecule has 2 aliphatic rings. The second-order valence-corrected chi connectivity index (χ2v) is 5.63. The lowest BCUT2D eigenvalue weighted by molar-refractivity contribution is -0.153. The zero-order chi connectivity index (χ0) is 14.9. The number of nitrogens with one attached hydrogen (secondary N) is 1. The molecule has 0 unspecified atom stereocenters. The van der Waals surface area contributed by atoms with Crippen LogP contribution in [0.2, 0.25) is 0 Å². The summed E-state index contributed by atoms with van der Waals surface area (Å²) in [6.45, 7) is -0.000301. The number of rotatable bonds is 2. The van der Waals surface area contributed by atoms with Crippen molar-refractivity contribution in [2.75, 3.05) is 0 Å². The Morgan fingerprint density at radius 2 is 1.90 bits per heavy atom. The van der Waals surface area contributed by atoms with Gasteiger partial charge in [-0.3, -0.25) is 19.8 Å². The predicted molar refractivity (Wildman–Crippen MR) is 70.7 cm³/mol. The lowest BCUT2D eigenvalue weighted by atomic mass is 9.77. The fourth-order valence-corrected chi connectivity index (χ4v) is 3.13. The Morgan fingerprint density at radius 1 is 1.19 bits per heavy atom. The summed E-state index contributed by atoms with van der Waals surface area (Å²) >= 11 is 0. The topological polar surface area (TPSA) is 92.5 Å². The zero-order valence-electron chi connectivity index (χ0n) is 11.6. The molecule has 1 aromatic heterocycles. The van der Waals surface area contributed by atoms with Crippen LogP contribution < -0.4 is 5.32 Å². The van der Waals surface area contributed by atoms with E-state index in [4.69, 9.17) is 4.52 Å². The largest absolute Gasteiger partial charge is 0.359 e. The van der Waals surface area contributed by atoms with E-state index in [-0.39, 0.29) is 6.54 Å². The van der Waals surface area contributed by atoms with Crippen LogP contribution in [-0.4, -0.2) is 27.9 Å². The van der Waals surface area contributed by atoms with Gasteiger partial charge in [0, 0.05) is 6.07 Å². The highest BCUT2D eigenvalue weighted by Gasteiger charge is 2.53. The highest BCUT2D eigenvalue weighted by Crippen LogP contribution is 2.39. The number of nitrogens with zero attached hydrogens (tertiary/aromatic N) is 2. The second-order valence-electron chi connectivity index (χ2n) is 5.63. The highest BCUT2D eigenvalue weighted by atomic mass is 16.5. The molecule has 7 heteroatoms. The lowest BCUT2D eigenvalue weighted by Gasteiger charge is -2.38. The number of imide groups is 2. The van der Waals surface area contributed by atoms with Gasteiger partial charge in [-0.05, 0) is 12.8 Å². The maximum absolute atomic E-state index is 12.8. The first kappa shape index (κ1) is 13.8. The van der Waals surface area contributed by atoms with Crippen molar-refractivity contribution in [3.8, 4) is 0 Å². The number of carbonyl (C=O) groups is 3. The fraction of sp³-hybridized carbons (Fsp3) is 0.571. The van der Waals surface area contributed by atoms with E-state index in [0.717, 1.165) is 30.6 Å². The average molecular weight is 291 g/mol. The molecule has 2 heterocycles. The van der Waals surface area contributed by atoms with Gasteiger partial charge in [-0.2, -0.15) is 0 Å². The predicted octanol–water partition coefficient (Wildman–Crippen LogP) is 1.59. The number of hydrogen-bond donors (Lipinski definition) is 1. The van der Waals surface area contributed by atoms with Crippen molar-refractivity contribution in [2.45, 2.75) is 45.1 Å². The monoisotopic (exact) mass is 291 g/mol. The Balaban J connectivity index is 1.89. The van der Waals surface area contributed by atoms with Gasteiger partial charge >= 0.3 is 6.03 Å². The molecule has 3 rings (SSSR count). The van der Waals surface area contributed by atoms with Crippen molar-refractivity contribution in [1.29, 1.82) is 0 Å². The van der Waals surface area contributed by atoms with Crippen molar-refractivity contribution in [3.63, 3.8) is 0 Å². The Labute approximate surface area is 121 Å². The SMILES string of the molecule is O=C1NC(=O)C2(CCCCCC2)C(=O)N1Cc1ccno1. The third kappa shape index (κ3) is 2.32. The van der Waals surface area contributed by atoms with Crippen LogP contribution in [-0.2, 0) is 16.1 Å². The van der Waals surface area contributed by atoms with Crippen LogP contribution in [0.5, 0.6) is 0 Å². The van der Waals surface area contributed by atoms with Crippen LogP contribution in [0.4, 0.5) is 4.79 Å². The van der Waals surface area contributed by atoms with Crippen LogP contribution >= 0.6 is 0 Å². The van der Waals surface area contributed by atoms with E-state index in [2.05, 4.69) is 10.5 Å². The van der Waals surface area contributed by atoms with E-state index in [1.54, 1.807) is 6.07 Å². The van der Waals surface area contributed by atoms with Gasteiger partial charge in [-0.1, -0.05) is 30.8 Å². The maximum atomic E-state index is 12.8. The molecule has 1 aromatic rings. The van der Waals surface area contributed by atoms with Crippen molar-refractivity contribution in [2.24, 2.45) is 5.41 Å². The number of carbonyl (C=O) groups excluding carboxylic acids is 3. The van der Waals surface area contributed by atoms with Gasteiger partial charge < -0.3 is 4.52 Å². The first-order valence-electron chi connectivity index (χ1n) is 7.20. The van der Waals surface area contributed by atoms with Gasteiger partial charge in [0.25, 0.3) is 0 Å². The molecule has 1 saturated heterocycles.